The van der Waals surface area contributed by atoms with Gasteiger partial charge in [-0.2, -0.15) is 0 Å². The van der Waals surface area contributed by atoms with Crippen LogP contribution in [-0.4, -0.2) is 44.0 Å². The highest BCUT2D eigenvalue weighted by molar-refractivity contribution is 7.92. The molecule has 144 valence electrons. The van der Waals surface area contributed by atoms with Crippen molar-refractivity contribution in [3.8, 4) is 0 Å². The molecule has 0 aliphatic carbocycles. The minimum atomic E-state index is -3.41. The van der Waals surface area contributed by atoms with E-state index in [9.17, 15) is 18.0 Å². The molecular formula is C18H21N3O4S2. The van der Waals surface area contributed by atoms with E-state index in [0.717, 1.165) is 12.7 Å². The fourth-order valence-corrected chi connectivity index (χ4v) is 4.38. The third-order valence-corrected chi connectivity index (χ3v) is 5.76. The number of nitrogens with one attached hydrogen (secondary N) is 2. The molecule has 3 rings (SSSR count). The Morgan fingerprint density at radius 1 is 1.22 bits per heavy atom. The molecule has 1 aliphatic rings. The van der Waals surface area contributed by atoms with E-state index in [1.54, 1.807) is 35.2 Å². The van der Waals surface area contributed by atoms with Crippen LogP contribution in [0.3, 0.4) is 0 Å². The van der Waals surface area contributed by atoms with Crippen molar-refractivity contribution in [2.75, 3.05) is 17.5 Å². The molecule has 2 heterocycles. The highest BCUT2D eigenvalue weighted by Gasteiger charge is 2.34. The number of likely N-dealkylation sites (tertiary alicyclic amines) is 1. The highest BCUT2D eigenvalue weighted by atomic mass is 32.2. The molecule has 2 aromatic rings. The number of nitrogens with zero attached hydrogens (tertiary/aromatic N) is 1. The standard InChI is InChI=1S/C18H21N3O4S2/c1-27(24,25)20-14-7-3-2-6-13(14)12-19-17(22)15-8-4-10-21(15)18(23)16-9-5-11-26-16/h2-3,5-7,9,11,15,20H,4,8,10,12H2,1H3,(H,19,22)/t15-/m0/s1. The molecule has 1 saturated heterocycles. The zero-order valence-corrected chi connectivity index (χ0v) is 16.5. The number of rotatable bonds is 6. The lowest BCUT2D eigenvalue weighted by molar-refractivity contribution is -0.125. The molecule has 0 saturated carbocycles. The van der Waals surface area contributed by atoms with Crippen molar-refractivity contribution in [1.82, 2.24) is 10.2 Å². The number of hydrogen-bond acceptors (Lipinski definition) is 5. The van der Waals surface area contributed by atoms with Crippen molar-refractivity contribution in [3.05, 3.63) is 52.2 Å². The van der Waals surface area contributed by atoms with Crippen molar-refractivity contribution < 1.29 is 18.0 Å². The zero-order valence-electron chi connectivity index (χ0n) is 14.8. The molecule has 1 fully saturated rings. The molecule has 9 heteroatoms. The van der Waals surface area contributed by atoms with E-state index in [0.29, 0.717) is 29.1 Å². The fourth-order valence-electron chi connectivity index (χ4n) is 3.10. The van der Waals surface area contributed by atoms with Gasteiger partial charge in [-0.15, -0.1) is 11.3 Å². The summed E-state index contributed by atoms with van der Waals surface area (Å²) in [6.07, 6.45) is 2.47. The zero-order chi connectivity index (χ0) is 19.4. The normalized spacial score (nSPS) is 16.9. The van der Waals surface area contributed by atoms with Gasteiger partial charge in [0.05, 0.1) is 16.8 Å². The van der Waals surface area contributed by atoms with Crippen molar-refractivity contribution in [2.24, 2.45) is 0 Å². The van der Waals surface area contributed by atoms with E-state index in [1.807, 2.05) is 11.4 Å². The molecule has 1 aromatic heterocycles. The van der Waals surface area contributed by atoms with E-state index < -0.39 is 16.1 Å². The smallest absolute Gasteiger partial charge is 0.264 e. The van der Waals surface area contributed by atoms with Crippen LogP contribution in [0.1, 0.15) is 28.1 Å². The Kier molecular flexibility index (Phi) is 5.81. The third kappa shape index (κ3) is 4.86. The maximum Gasteiger partial charge on any atom is 0.264 e. The van der Waals surface area contributed by atoms with E-state index in [2.05, 4.69) is 10.0 Å². The second-order valence-electron chi connectivity index (χ2n) is 6.38. The summed E-state index contributed by atoms with van der Waals surface area (Å²) in [4.78, 5) is 27.5. The number of benzene rings is 1. The summed E-state index contributed by atoms with van der Waals surface area (Å²) >= 11 is 1.36. The largest absolute Gasteiger partial charge is 0.350 e. The molecule has 1 aromatic carbocycles. The summed E-state index contributed by atoms with van der Waals surface area (Å²) in [6, 6.07) is 9.95. The van der Waals surface area contributed by atoms with E-state index in [1.165, 1.54) is 11.3 Å². The van der Waals surface area contributed by atoms with Crippen LogP contribution in [-0.2, 0) is 21.4 Å². The van der Waals surface area contributed by atoms with E-state index in [-0.39, 0.29) is 18.4 Å². The first-order chi connectivity index (χ1) is 12.8. The van der Waals surface area contributed by atoms with Gasteiger partial charge in [0, 0.05) is 13.1 Å². The van der Waals surface area contributed by atoms with Gasteiger partial charge in [0.25, 0.3) is 5.91 Å². The quantitative estimate of drug-likeness (QED) is 0.766. The Hall–Kier alpha value is -2.39. The Bertz CT molecular complexity index is 926. The Morgan fingerprint density at radius 2 is 2.00 bits per heavy atom. The fraction of sp³-hybridized carbons (Fsp3) is 0.333. The van der Waals surface area contributed by atoms with Crippen LogP contribution in [0.2, 0.25) is 0 Å². The summed E-state index contributed by atoms with van der Waals surface area (Å²) in [5, 5.41) is 4.67. The molecular weight excluding hydrogens is 386 g/mol. The monoisotopic (exact) mass is 407 g/mol. The number of carbonyl (C=O) groups is 2. The third-order valence-electron chi connectivity index (χ3n) is 4.31. The lowest BCUT2D eigenvalue weighted by Crippen LogP contribution is -2.45. The van der Waals surface area contributed by atoms with Crippen molar-refractivity contribution in [3.63, 3.8) is 0 Å². The molecule has 0 unspecified atom stereocenters. The van der Waals surface area contributed by atoms with Crippen molar-refractivity contribution in [2.45, 2.75) is 25.4 Å². The van der Waals surface area contributed by atoms with Crippen LogP contribution in [0.25, 0.3) is 0 Å². The van der Waals surface area contributed by atoms with Crippen LogP contribution in [0.4, 0.5) is 5.69 Å². The number of thiophene rings is 1. The number of para-hydroxylation sites is 1. The van der Waals surface area contributed by atoms with Gasteiger partial charge in [0.2, 0.25) is 15.9 Å². The summed E-state index contributed by atoms with van der Waals surface area (Å²) < 4.78 is 25.4. The van der Waals surface area contributed by atoms with Gasteiger partial charge in [-0.1, -0.05) is 24.3 Å². The minimum Gasteiger partial charge on any atom is -0.350 e. The average molecular weight is 408 g/mol. The first-order valence-electron chi connectivity index (χ1n) is 8.53. The summed E-state index contributed by atoms with van der Waals surface area (Å²) in [5.41, 5.74) is 1.09. The summed E-state index contributed by atoms with van der Waals surface area (Å²) in [5.74, 6) is -0.353. The van der Waals surface area contributed by atoms with Crippen LogP contribution >= 0.6 is 11.3 Å². The number of sulfonamides is 1. The van der Waals surface area contributed by atoms with Crippen molar-refractivity contribution in [1.29, 1.82) is 0 Å². The van der Waals surface area contributed by atoms with Crippen LogP contribution < -0.4 is 10.0 Å². The molecule has 1 aliphatic heterocycles. The van der Waals surface area contributed by atoms with E-state index in [4.69, 9.17) is 0 Å². The van der Waals surface area contributed by atoms with Crippen LogP contribution in [0.5, 0.6) is 0 Å². The topological polar surface area (TPSA) is 95.6 Å². The van der Waals surface area contributed by atoms with E-state index >= 15 is 0 Å². The Balaban J connectivity index is 1.67. The molecule has 2 N–H and O–H groups in total. The maximum absolute atomic E-state index is 12.7. The summed E-state index contributed by atoms with van der Waals surface area (Å²) in [7, 11) is -3.41. The molecule has 0 radical (unpaired) electrons. The number of hydrogen-bond donors (Lipinski definition) is 2. The average Bonchev–Trinajstić information content (AvgIpc) is 3.30. The Morgan fingerprint density at radius 3 is 2.70 bits per heavy atom. The minimum absolute atomic E-state index is 0.123. The van der Waals surface area contributed by atoms with Gasteiger partial charge in [-0.25, -0.2) is 8.42 Å². The Labute approximate surface area is 162 Å². The van der Waals surface area contributed by atoms with Gasteiger partial charge < -0.3 is 10.2 Å². The van der Waals surface area contributed by atoms with Gasteiger partial charge in [0.1, 0.15) is 6.04 Å². The lowest BCUT2D eigenvalue weighted by Gasteiger charge is -2.23. The van der Waals surface area contributed by atoms with Gasteiger partial charge >= 0.3 is 0 Å². The second-order valence-corrected chi connectivity index (χ2v) is 9.08. The molecule has 2 amide bonds. The van der Waals surface area contributed by atoms with Gasteiger partial charge in [0.15, 0.2) is 0 Å². The summed E-state index contributed by atoms with van der Waals surface area (Å²) in [6.45, 7) is 0.732. The highest BCUT2D eigenvalue weighted by Crippen LogP contribution is 2.23. The lowest BCUT2D eigenvalue weighted by atomic mass is 10.1. The molecule has 7 nitrogen and oxygen atoms in total. The van der Waals surface area contributed by atoms with Gasteiger partial charge in [-0.05, 0) is 35.9 Å². The number of amides is 2. The second kappa shape index (κ2) is 8.10. The SMILES string of the molecule is CS(=O)(=O)Nc1ccccc1CNC(=O)[C@@H]1CCCN1C(=O)c1cccs1. The molecule has 1 atom stereocenters. The predicted molar refractivity (Wildman–Crippen MR) is 105 cm³/mol. The van der Waals surface area contributed by atoms with Crippen LogP contribution in [0.15, 0.2) is 41.8 Å². The molecule has 0 bridgehead atoms. The first kappa shape index (κ1) is 19.4. The predicted octanol–water partition coefficient (Wildman–Crippen LogP) is 2.04. The first-order valence-corrected chi connectivity index (χ1v) is 11.3. The maximum atomic E-state index is 12.7. The van der Waals surface area contributed by atoms with Crippen LogP contribution in [0, 0.1) is 0 Å². The number of carbonyl (C=O) groups excluding carboxylic acids is 2. The van der Waals surface area contributed by atoms with Crippen molar-refractivity contribution >= 4 is 38.9 Å². The number of anilines is 1. The molecule has 0 spiro atoms. The van der Waals surface area contributed by atoms with Gasteiger partial charge in [-0.3, -0.25) is 14.3 Å². The molecule has 27 heavy (non-hydrogen) atoms.